The number of allylic oxidation sites excluding steroid dienone is 1. The van der Waals surface area contributed by atoms with Crippen LogP contribution in [-0.2, 0) is 6.54 Å². The van der Waals surface area contributed by atoms with Gasteiger partial charge >= 0.3 is 0 Å². The van der Waals surface area contributed by atoms with Crippen LogP contribution in [0, 0.1) is 0 Å². The van der Waals surface area contributed by atoms with Crippen molar-refractivity contribution in [1.29, 1.82) is 0 Å². The Morgan fingerprint density at radius 1 is 1.19 bits per heavy atom. The second-order valence-corrected chi connectivity index (χ2v) is 3.88. The molecule has 0 radical (unpaired) electrons. The van der Waals surface area contributed by atoms with Gasteiger partial charge in [0.25, 0.3) is 5.56 Å². The summed E-state index contributed by atoms with van der Waals surface area (Å²) >= 11 is 4.08. The number of nitrogens with zero attached hydrogens (tertiary/aromatic N) is 1. The smallest absolute Gasteiger partial charge is 0.258 e. The zero-order valence-corrected chi connectivity index (χ0v) is 9.73. The van der Waals surface area contributed by atoms with E-state index in [-0.39, 0.29) is 5.56 Å². The van der Waals surface area contributed by atoms with Crippen molar-refractivity contribution in [1.82, 2.24) is 4.57 Å². The molecule has 0 amide bonds. The van der Waals surface area contributed by atoms with E-state index in [9.17, 15) is 4.79 Å². The van der Waals surface area contributed by atoms with Gasteiger partial charge in [0.2, 0.25) is 0 Å². The van der Waals surface area contributed by atoms with Gasteiger partial charge in [-0.3, -0.25) is 4.79 Å². The molecule has 82 valence electrons. The second-order valence-electron chi connectivity index (χ2n) is 3.51. The second kappa shape index (κ2) is 5.03. The molecule has 0 saturated carbocycles. The molecule has 0 atom stereocenters. The van der Waals surface area contributed by atoms with E-state index in [1.807, 2.05) is 48.7 Å². The van der Waals surface area contributed by atoms with Crippen LogP contribution >= 0.6 is 12.6 Å². The molecule has 2 rings (SSSR count). The van der Waals surface area contributed by atoms with Crippen molar-refractivity contribution in [3.05, 3.63) is 59.0 Å². The maximum Gasteiger partial charge on any atom is 0.258 e. The van der Waals surface area contributed by atoms with E-state index >= 15 is 0 Å². The molecular formula is C13H13NOS. The molecule has 2 aromatic rings. The third kappa shape index (κ3) is 2.19. The fraction of sp³-hybridized carbons (Fsp3) is 0.154. The first kappa shape index (κ1) is 11.0. The van der Waals surface area contributed by atoms with Crippen LogP contribution in [0.15, 0.2) is 53.5 Å². The summed E-state index contributed by atoms with van der Waals surface area (Å²) < 4.78 is 1.70. The quantitative estimate of drug-likeness (QED) is 0.636. The van der Waals surface area contributed by atoms with Crippen molar-refractivity contribution in [2.45, 2.75) is 6.54 Å². The highest BCUT2D eigenvalue weighted by molar-refractivity contribution is 7.80. The lowest BCUT2D eigenvalue weighted by atomic mass is 10.2. The summed E-state index contributed by atoms with van der Waals surface area (Å²) in [6.07, 6.45) is 5.71. The predicted molar refractivity (Wildman–Crippen MR) is 71.2 cm³/mol. The minimum Gasteiger partial charge on any atom is -0.311 e. The Morgan fingerprint density at radius 3 is 2.81 bits per heavy atom. The van der Waals surface area contributed by atoms with Gasteiger partial charge in [-0.2, -0.15) is 12.6 Å². The molecule has 0 unspecified atom stereocenters. The molecule has 16 heavy (non-hydrogen) atoms. The first-order valence-electron chi connectivity index (χ1n) is 5.17. The average molecular weight is 231 g/mol. The standard InChI is InChI=1S/C13H13NOS/c15-13-12-6-2-1-5-11(12)7-9-14(13)8-3-4-10-16/h1-7,9,16H,8,10H2/b4-3+. The van der Waals surface area contributed by atoms with Crippen LogP contribution in [0.25, 0.3) is 10.8 Å². The van der Waals surface area contributed by atoms with Gasteiger partial charge in [0.05, 0.1) is 0 Å². The molecule has 0 saturated heterocycles. The Labute approximate surface area is 99.6 Å². The molecule has 0 aliphatic rings. The van der Waals surface area contributed by atoms with E-state index in [0.29, 0.717) is 12.3 Å². The van der Waals surface area contributed by atoms with Crippen molar-refractivity contribution in [2.24, 2.45) is 0 Å². The van der Waals surface area contributed by atoms with Gasteiger partial charge < -0.3 is 4.57 Å². The van der Waals surface area contributed by atoms with Gasteiger partial charge in [-0.05, 0) is 17.5 Å². The highest BCUT2D eigenvalue weighted by atomic mass is 32.1. The van der Waals surface area contributed by atoms with Gasteiger partial charge in [0, 0.05) is 23.9 Å². The van der Waals surface area contributed by atoms with Crippen LogP contribution < -0.4 is 5.56 Å². The Bertz CT molecular complexity index is 571. The summed E-state index contributed by atoms with van der Waals surface area (Å²) in [5, 5.41) is 1.76. The van der Waals surface area contributed by atoms with E-state index < -0.39 is 0 Å². The number of hydrogen-bond donors (Lipinski definition) is 1. The minimum atomic E-state index is 0.0573. The zero-order valence-electron chi connectivity index (χ0n) is 8.84. The average Bonchev–Trinajstić information content (AvgIpc) is 2.33. The van der Waals surface area contributed by atoms with E-state index in [4.69, 9.17) is 0 Å². The molecular weight excluding hydrogens is 218 g/mol. The number of fused-ring (bicyclic) bond motifs is 1. The highest BCUT2D eigenvalue weighted by Gasteiger charge is 1.99. The number of hydrogen-bond acceptors (Lipinski definition) is 2. The first-order chi connectivity index (χ1) is 7.83. The summed E-state index contributed by atoms with van der Waals surface area (Å²) in [5.74, 6) is 0.697. The molecule has 1 aromatic heterocycles. The molecule has 2 nitrogen and oxygen atoms in total. The largest absolute Gasteiger partial charge is 0.311 e. The molecule has 0 aliphatic heterocycles. The third-order valence-electron chi connectivity index (χ3n) is 2.46. The molecule has 3 heteroatoms. The minimum absolute atomic E-state index is 0.0573. The lowest BCUT2D eigenvalue weighted by molar-refractivity contribution is 0.788. The molecule has 0 bridgehead atoms. The van der Waals surface area contributed by atoms with E-state index in [2.05, 4.69) is 12.6 Å². The van der Waals surface area contributed by atoms with Crippen molar-refractivity contribution in [3.63, 3.8) is 0 Å². The predicted octanol–water partition coefficient (Wildman–Crippen LogP) is 2.49. The monoisotopic (exact) mass is 231 g/mol. The van der Waals surface area contributed by atoms with Gasteiger partial charge in [0.1, 0.15) is 0 Å². The van der Waals surface area contributed by atoms with Crippen LogP contribution in [-0.4, -0.2) is 10.3 Å². The normalized spacial score (nSPS) is 11.3. The molecule has 1 aromatic carbocycles. The summed E-state index contributed by atoms with van der Waals surface area (Å²) in [6.45, 7) is 0.601. The number of thiol groups is 1. The van der Waals surface area contributed by atoms with Gasteiger partial charge in [-0.15, -0.1) is 0 Å². The van der Waals surface area contributed by atoms with Gasteiger partial charge in [-0.25, -0.2) is 0 Å². The SMILES string of the molecule is O=c1c2ccccc2ccn1C/C=C/CS. The van der Waals surface area contributed by atoms with E-state index in [1.165, 1.54) is 0 Å². The van der Waals surface area contributed by atoms with Gasteiger partial charge in [0.15, 0.2) is 0 Å². The Morgan fingerprint density at radius 2 is 2.00 bits per heavy atom. The lowest BCUT2D eigenvalue weighted by Gasteiger charge is -2.03. The summed E-state index contributed by atoms with van der Waals surface area (Å²) in [6, 6.07) is 9.59. The van der Waals surface area contributed by atoms with Crippen LogP contribution in [0.2, 0.25) is 0 Å². The molecule has 0 N–H and O–H groups in total. The zero-order chi connectivity index (χ0) is 11.4. The highest BCUT2D eigenvalue weighted by Crippen LogP contribution is 2.07. The Kier molecular flexibility index (Phi) is 3.47. The van der Waals surface area contributed by atoms with Crippen LogP contribution in [0.5, 0.6) is 0 Å². The van der Waals surface area contributed by atoms with Crippen LogP contribution in [0.1, 0.15) is 0 Å². The van der Waals surface area contributed by atoms with Crippen molar-refractivity contribution in [3.8, 4) is 0 Å². The summed E-state index contributed by atoms with van der Waals surface area (Å²) in [4.78, 5) is 12.0. The maximum atomic E-state index is 12.0. The summed E-state index contributed by atoms with van der Waals surface area (Å²) in [7, 11) is 0. The van der Waals surface area contributed by atoms with Crippen molar-refractivity contribution >= 4 is 23.4 Å². The topological polar surface area (TPSA) is 22.0 Å². The Balaban J connectivity index is 2.45. The molecule has 1 heterocycles. The molecule has 0 fully saturated rings. The lowest BCUT2D eigenvalue weighted by Crippen LogP contribution is -2.18. The number of benzene rings is 1. The molecule has 0 spiro atoms. The maximum absolute atomic E-state index is 12.0. The van der Waals surface area contributed by atoms with E-state index in [0.717, 1.165) is 10.8 Å². The van der Waals surface area contributed by atoms with Crippen LogP contribution in [0.4, 0.5) is 0 Å². The first-order valence-corrected chi connectivity index (χ1v) is 5.80. The van der Waals surface area contributed by atoms with Crippen LogP contribution in [0.3, 0.4) is 0 Å². The number of rotatable bonds is 3. The fourth-order valence-electron chi connectivity index (χ4n) is 1.64. The third-order valence-corrected chi connectivity index (χ3v) is 2.67. The van der Waals surface area contributed by atoms with Crippen molar-refractivity contribution < 1.29 is 0 Å². The fourth-order valence-corrected chi connectivity index (χ4v) is 1.79. The summed E-state index contributed by atoms with van der Waals surface area (Å²) in [5.41, 5.74) is 0.0573. The van der Waals surface area contributed by atoms with Gasteiger partial charge in [-0.1, -0.05) is 30.4 Å². The van der Waals surface area contributed by atoms with E-state index in [1.54, 1.807) is 4.57 Å². The number of aromatic nitrogens is 1. The Hall–Kier alpha value is -1.48. The molecule has 0 aliphatic carbocycles. The number of pyridine rings is 1. The van der Waals surface area contributed by atoms with Crippen molar-refractivity contribution in [2.75, 3.05) is 5.75 Å².